The van der Waals surface area contributed by atoms with Crippen molar-refractivity contribution < 1.29 is 0 Å². The van der Waals surface area contributed by atoms with Gasteiger partial charge in [-0.2, -0.15) is 4.37 Å². The van der Waals surface area contributed by atoms with Gasteiger partial charge >= 0.3 is 0 Å². The molecule has 1 aliphatic carbocycles. The highest BCUT2D eigenvalue weighted by Gasteiger charge is 2.29. The zero-order chi connectivity index (χ0) is 10.1. The molecule has 3 atom stereocenters. The lowest BCUT2D eigenvalue weighted by Gasteiger charge is -2.19. The monoisotopic (exact) mass is 211 g/mol. The van der Waals surface area contributed by atoms with Crippen molar-refractivity contribution in [3.63, 3.8) is 0 Å². The third-order valence-electron chi connectivity index (χ3n) is 3.32. The number of hydrogen-bond donors (Lipinski definition) is 2. The van der Waals surface area contributed by atoms with Crippen LogP contribution in [0, 0.1) is 11.8 Å². The quantitative estimate of drug-likeness (QED) is 0.790. The Bertz CT molecular complexity index is 310. The Morgan fingerprint density at radius 1 is 1.50 bits per heavy atom. The maximum absolute atomic E-state index is 5.57. The van der Waals surface area contributed by atoms with Crippen LogP contribution in [0.15, 0.2) is 6.07 Å². The highest BCUT2D eigenvalue weighted by molar-refractivity contribution is 7.10. The number of hydrogen-bond acceptors (Lipinski definition) is 4. The fourth-order valence-electron chi connectivity index (χ4n) is 2.11. The second-order valence-electron chi connectivity index (χ2n) is 4.28. The van der Waals surface area contributed by atoms with Gasteiger partial charge in [-0.05, 0) is 36.2 Å². The molecule has 2 rings (SSSR count). The summed E-state index contributed by atoms with van der Waals surface area (Å²) in [5.74, 6) is 2.20. The summed E-state index contributed by atoms with van der Waals surface area (Å²) in [6.07, 6.45) is 2.59. The van der Waals surface area contributed by atoms with Crippen molar-refractivity contribution >= 4 is 22.4 Å². The SMILES string of the molecule is CC1CCC(Nc2cc(N)ns2)C1C. The molecule has 1 aromatic heterocycles. The molecular weight excluding hydrogens is 194 g/mol. The number of anilines is 2. The summed E-state index contributed by atoms with van der Waals surface area (Å²) in [5, 5.41) is 4.62. The number of nitrogen functional groups attached to an aromatic ring is 1. The minimum atomic E-state index is 0.602. The van der Waals surface area contributed by atoms with Gasteiger partial charge in [-0.25, -0.2) is 0 Å². The van der Waals surface area contributed by atoms with Gasteiger partial charge in [0, 0.05) is 12.1 Å². The molecule has 0 aromatic carbocycles. The van der Waals surface area contributed by atoms with Crippen LogP contribution in [0.1, 0.15) is 26.7 Å². The van der Waals surface area contributed by atoms with Crippen LogP contribution in [-0.4, -0.2) is 10.4 Å². The van der Waals surface area contributed by atoms with E-state index in [1.165, 1.54) is 24.4 Å². The molecule has 0 saturated heterocycles. The lowest BCUT2D eigenvalue weighted by Crippen LogP contribution is -2.23. The number of nitrogens with zero attached hydrogens (tertiary/aromatic N) is 1. The Morgan fingerprint density at radius 2 is 2.29 bits per heavy atom. The topological polar surface area (TPSA) is 50.9 Å². The molecule has 1 fully saturated rings. The molecule has 0 aliphatic heterocycles. The fraction of sp³-hybridized carbons (Fsp3) is 0.700. The highest BCUT2D eigenvalue weighted by atomic mass is 32.1. The third-order valence-corrected chi connectivity index (χ3v) is 4.06. The van der Waals surface area contributed by atoms with Gasteiger partial charge in [-0.15, -0.1) is 0 Å². The van der Waals surface area contributed by atoms with Gasteiger partial charge in [0.1, 0.15) is 10.8 Å². The van der Waals surface area contributed by atoms with E-state index >= 15 is 0 Å². The van der Waals surface area contributed by atoms with Crippen molar-refractivity contribution in [3.05, 3.63) is 6.07 Å². The molecule has 14 heavy (non-hydrogen) atoms. The average molecular weight is 211 g/mol. The van der Waals surface area contributed by atoms with Crippen molar-refractivity contribution in [1.29, 1.82) is 0 Å². The van der Waals surface area contributed by atoms with Crippen LogP contribution in [0.5, 0.6) is 0 Å². The first-order chi connectivity index (χ1) is 6.66. The first-order valence-corrected chi connectivity index (χ1v) is 5.93. The average Bonchev–Trinajstić information content (AvgIpc) is 2.67. The molecular formula is C10H17N3S. The van der Waals surface area contributed by atoms with Crippen LogP contribution in [0.25, 0.3) is 0 Å². The van der Waals surface area contributed by atoms with Crippen LogP contribution in [-0.2, 0) is 0 Å². The van der Waals surface area contributed by atoms with E-state index in [-0.39, 0.29) is 0 Å². The van der Waals surface area contributed by atoms with Crippen LogP contribution in [0.2, 0.25) is 0 Å². The maximum Gasteiger partial charge on any atom is 0.139 e. The summed E-state index contributed by atoms with van der Waals surface area (Å²) in [6.45, 7) is 4.65. The highest BCUT2D eigenvalue weighted by Crippen LogP contribution is 2.34. The Hall–Kier alpha value is -0.770. The van der Waals surface area contributed by atoms with E-state index in [0.29, 0.717) is 11.9 Å². The summed E-state index contributed by atoms with van der Waals surface area (Å²) in [7, 11) is 0. The first kappa shape index (κ1) is 9.77. The van der Waals surface area contributed by atoms with Crippen LogP contribution >= 0.6 is 11.5 Å². The summed E-state index contributed by atoms with van der Waals surface area (Å²) < 4.78 is 4.06. The van der Waals surface area contributed by atoms with E-state index in [9.17, 15) is 0 Å². The van der Waals surface area contributed by atoms with Gasteiger partial charge in [-0.3, -0.25) is 0 Å². The predicted molar refractivity (Wildman–Crippen MR) is 61.5 cm³/mol. The molecule has 3 nitrogen and oxygen atoms in total. The lowest BCUT2D eigenvalue weighted by molar-refractivity contribution is 0.436. The molecule has 1 aliphatic rings. The van der Waals surface area contributed by atoms with E-state index in [0.717, 1.165) is 16.8 Å². The second-order valence-corrected chi connectivity index (χ2v) is 5.09. The first-order valence-electron chi connectivity index (χ1n) is 5.15. The molecule has 0 amide bonds. The van der Waals surface area contributed by atoms with Gasteiger partial charge in [-0.1, -0.05) is 13.8 Å². The molecule has 1 saturated carbocycles. The molecule has 0 bridgehead atoms. The van der Waals surface area contributed by atoms with Gasteiger partial charge in [0.05, 0.1) is 0 Å². The minimum absolute atomic E-state index is 0.602. The normalized spacial score (nSPS) is 32.0. The van der Waals surface area contributed by atoms with Crippen molar-refractivity contribution in [2.45, 2.75) is 32.7 Å². The number of rotatable bonds is 2. The third kappa shape index (κ3) is 1.85. The smallest absolute Gasteiger partial charge is 0.139 e. The number of nitrogens with two attached hydrogens (primary N) is 1. The molecule has 0 spiro atoms. The van der Waals surface area contributed by atoms with Gasteiger partial charge in [0.15, 0.2) is 0 Å². The van der Waals surface area contributed by atoms with Gasteiger partial charge in [0.2, 0.25) is 0 Å². The fourth-order valence-corrected chi connectivity index (χ4v) is 2.74. The Balaban J connectivity index is 1.98. The summed E-state index contributed by atoms with van der Waals surface area (Å²) in [5.41, 5.74) is 5.57. The zero-order valence-electron chi connectivity index (χ0n) is 8.66. The van der Waals surface area contributed by atoms with E-state index in [1.807, 2.05) is 6.07 Å². The molecule has 3 N–H and O–H groups in total. The van der Waals surface area contributed by atoms with Crippen molar-refractivity contribution in [2.24, 2.45) is 11.8 Å². The van der Waals surface area contributed by atoms with E-state index < -0.39 is 0 Å². The van der Waals surface area contributed by atoms with Crippen molar-refractivity contribution in [2.75, 3.05) is 11.1 Å². The van der Waals surface area contributed by atoms with E-state index in [4.69, 9.17) is 5.73 Å². The molecule has 0 radical (unpaired) electrons. The predicted octanol–water partition coefficient (Wildman–Crippen LogP) is 2.57. The summed E-state index contributed by atoms with van der Waals surface area (Å²) in [6, 6.07) is 2.52. The van der Waals surface area contributed by atoms with Gasteiger partial charge < -0.3 is 11.1 Å². The molecule has 4 heteroatoms. The molecule has 78 valence electrons. The lowest BCUT2D eigenvalue weighted by atomic mass is 9.98. The minimum Gasteiger partial charge on any atom is -0.383 e. The summed E-state index contributed by atoms with van der Waals surface area (Å²) in [4.78, 5) is 0. The second kappa shape index (κ2) is 3.77. The molecule has 3 unspecified atom stereocenters. The summed E-state index contributed by atoms with van der Waals surface area (Å²) >= 11 is 1.45. The zero-order valence-corrected chi connectivity index (χ0v) is 9.47. The Morgan fingerprint density at radius 3 is 2.79 bits per heavy atom. The Kier molecular flexibility index (Phi) is 2.63. The number of nitrogens with one attached hydrogen (secondary N) is 1. The van der Waals surface area contributed by atoms with Crippen LogP contribution < -0.4 is 11.1 Å². The van der Waals surface area contributed by atoms with Crippen LogP contribution in [0.4, 0.5) is 10.8 Å². The maximum atomic E-state index is 5.57. The van der Waals surface area contributed by atoms with Crippen LogP contribution in [0.3, 0.4) is 0 Å². The van der Waals surface area contributed by atoms with Gasteiger partial charge in [0.25, 0.3) is 0 Å². The number of aromatic nitrogens is 1. The van der Waals surface area contributed by atoms with E-state index in [2.05, 4.69) is 23.5 Å². The Labute approximate surface area is 88.9 Å². The molecule has 1 heterocycles. The standard InChI is InChI=1S/C10H17N3S/c1-6-3-4-8(7(6)2)12-10-5-9(11)13-14-10/h5-8,12H,3-4H2,1-2H3,(H2,11,13). The largest absolute Gasteiger partial charge is 0.383 e. The molecule has 1 aromatic rings. The van der Waals surface area contributed by atoms with Crippen molar-refractivity contribution in [3.8, 4) is 0 Å². The van der Waals surface area contributed by atoms with Crippen molar-refractivity contribution in [1.82, 2.24) is 4.37 Å². The van der Waals surface area contributed by atoms with E-state index in [1.54, 1.807) is 0 Å².